The SMILES string of the molecule is C[C@]12CC=C3C=C4CC[C@@H](N5C[C@H](O)[C@@H](O)C5)[C@@H](O)[C@]45CCC3(O5)[C@@H]1CCC2c1ccc2ccncc2c1. The second-order valence-electron chi connectivity index (χ2n) is 13.2. The molecule has 4 heterocycles. The van der Waals surface area contributed by atoms with Crippen LogP contribution in [0.3, 0.4) is 0 Å². The molecule has 2 spiro atoms. The second-order valence-corrected chi connectivity index (χ2v) is 13.2. The number of hydrogen-bond acceptors (Lipinski definition) is 6. The van der Waals surface area contributed by atoms with Crippen LogP contribution in [0.15, 0.2) is 60.0 Å². The van der Waals surface area contributed by atoms with Gasteiger partial charge in [0.05, 0.1) is 17.8 Å². The molecule has 3 N–H and O–H groups in total. The van der Waals surface area contributed by atoms with Crippen molar-refractivity contribution in [1.29, 1.82) is 0 Å². The Kier molecular flexibility index (Phi) is 4.99. The third-order valence-corrected chi connectivity index (χ3v) is 11.6. The van der Waals surface area contributed by atoms with Crippen molar-refractivity contribution >= 4 is 10.8 Å². The standard InChI is InChI=1S/C32H38N2O4/c1-30-10-8-23-15-22-4-6-25(34-17-26(35)27(36)18-34)29(37)32(22)12-11-31(23,38-32)28(30)7-5-24(30)20-3-2-19-9-13-33-16-21(19)14-20/h2-3,8-9,13-16,24-29,35-37H,4-7,10-12,17-18H2,1H3/t24?,25-,26+,27+,28-,29-,30-,31?,32+/m1/s1. The normalized spacial score (nSPS) is 45.9. The van der Waals surface area contributed by atoms with E-state index in [1.807, 2.05) is 12.4 Å². The van der Waals surface area contributed by atoms with Gasteiger partial charge in [0, 0.05) is 36.9 Å². The van der Waals surface area contributed by atoms with Crippen molar-refractivity contribution in [3.8, 4) is 0 Å². The first kappa shape index (κ1) is 23.8. The van der Waals surface area contributed by atoms with Gasteiger partial charge in [-0.2, -0.15) is 0 Å². The van der Waals surface area contributed by atoms with Gasteiger partial charge in [0.15, 0.2) is 0 Å². The Morgan fingerprint density at radius 1 is 0.974 bits per heavy atom. The lowest BCUT2D eigenvalue weighted by Gasteiger charge is -2.56. The lowest BCUT2D eigenvalue weighted by atomic mass is 9.58. The Labute approximate surface area is 224 Å². The van der Waals surface area contributed by atoms with Gasteiger partial charge in [-0.3, -0.25) is 9.88 Å². The summed E-state index contributed by atoms with van der Waals surface area (Å²) in [5.41, 5.74) is 3.12. The van der Waals surface area contributed by atoms with Crippen LogP contribution in [0.25, 0.3) is 10.8 Å². The average molecular weight is 515 g/mol. The molecule has 6 aliphatic rings. The molecule has 6 nitrogen and oxygen atoms in total. The molecule has 2 unspecified atom stereocenters. The maximum absolute atomic E-state index is 11.9. The monoisotopic (exact) mass is 514 g/mol. The predicted octanol–water partition coefficient (Wildman–Crippen LogP) is 3.85. The fourth-order valence-electron chi connectivity index (χ4n) is 9.73. The van der Waals surface area contributed by atoms with Crippen LogP contribution in [0.5, 0.6) is 0 Å². The lowest BCUT2D eigenvalue weighted by molar-refractivity contribution is -0.185. The minimum Gasteiger partial charge on any atom is -0.389 e. The smallest absolute Gasteiger partial charge is 0.118 e. The predicted molar refractivity (Wildman–Crippen MR) is 144 cm³/mol. The highest BCUT2D eigenvalue weighted by atomic mass is 16.5. The molecule has 0 amide bonds. The number of aromatic nitrogens is 1. The number of β-amino-alcohol motifs (C(OH)–C–C–N with tert-alkyl or cyclic N) is 2. The molecule has 6 heteroatoms. The maximum atomic E-state index is 11.9. The minimum atomic E-state index is -0.742. The quantitative estimate of drug-likeness (QED) is 0.565. The van der Waals surface area contributed by atoms with Crippen molar-refractivity contribution in [3.05, 3.63) is 65.5 Å². The molecule has 2 aromatic rings. The van der Waals surface area contributed by atoms with Gasteiger partial charge >= 0.3 is 0 Å². The van der Waals surface area contributed by atoms with Crippen molar-refractivity contribution in [2.75, 3.05) is 13.1 Å². The first-order valence-electron chi connectivity index (χ1n) is 14.6. The van der Waals surface area contributed by atoms with Crippen molar-refractivity contribution in [1.82, 2.24) is 9.88 Å². The second kappa shape index (κ2) is 7.98. The Morgan fingerprint density at radius 2 is 1.79 bits per heavy atom. The molecule has 4 fully saturated rings. The molecular weight excluding hydrogens is 476 g/mol. The number of hydrogen-bond donors (Lipinski definition) is 3. The van der Waals surface area contributed by atoms with E-state index in [1.165, 1.54) is 27.5 Å². The summed E-state index contributed by atoms with van der Waals surface area (Å²) in [6.07, 6.45) is 13.4. The molecule has 0 radical (unpaired) electrons. The average Bonchev–Trinajstić information content (AvgIpc) is 3.56. The molecule has 2 saturated heterocycles. The topological polar surface area (TPSA) is 86.1 Å². The van der Waals surface area contributed by atoms with Crippen LogP contribution in [0.2, 0.25) is 0 Å². The van der Waals surface area contributed by atoms with Crippen molar-refractivity contribution in [2.24, 2.45) is 11.3 Å². The minimum absolute atomic E-state index is 0.0957. The zero-order valence-electron chi connectivity index (χ0n) is 22.1. The number of nitrogens with zero attached hydrogens (tertiary/aromatic N) is 2. The first-order chi connectivity index (χ1) is 18.3. The number of fused-ring (bicyclic) bond motifs is 2. The van der Waals surface area contributed by atoms with Crippen LogP contribution in [0, 0.1) is 11.3 Å². The fourth-order valence-corrected chi connectivity index (χ4v) is 9.73. The maximum Gasteiger partial charge on any atom is 0.118 e. The molecule has 200 valence electrons. The van der Waals surface area contributed by atoms with E-state index in [9.17, 15) is 15.3 Å². The molecule has 3 aliphatic carbocycles. The number of allylic oxidation sites excluding steroid dienone is 1. The van der Waals surface area contributed by atoms with Gasteiger partial charge in [-0.05, 0) is 96.4 Å². The highest BCUT2D eigenvalue weighted by Gasteiger charge is 2.69. The number of aliphatic hydroxyl groups excluding tert-OH is 3. The van der Waals surface area contributed by atoms with Gasteiger partial charge in [-0.1, -0.05) is 31.2 Å². The zero-order valence-corrected chi connectivity index (χ0v) is 22.1. The Balaban J connectivity index is 1.14. The number of likely N-dealkylation sites (tertiary alicyclic amines) is 1. The van der Waals surface area contributed by atoms with Crippen molar-refractivity contribution in [3.63, 3.8) is 0 Å². The molecular formula is C32H38N2O4. The fraction of sp³-hybridized carbons (Fsp3) is 0.594. The van der Waals surface area contributed by atoms with Crippen LogP contribution in [-0.2, 0) is 4.74 Å². The van der Waals surface area contributed by atoms with Gasteiger partial charge in [0.25, 0.3) is 0 Å². The Bertz CT molecular complexity index is 1360. The molecule has 9 atom stereocenters. The first-order valence-corrected chi connectivity index (χ1v) is 14.6. The molecule has 2 saturated carbocycles. The van der Waals surface area contributed by atoms with E-state index in [-0.39, 0.29) is 17.1 Å². The van der Waals surface area contributed by atoms with Gasteiger partial charge in [0.1, 0.15) is 11.7 Å². The molecule has 3 aliphatic heterocycles. The zero-order chi connectivity index (χ0) is 25.9. The highest BCUT2D eigenvalue weighted by molar-refractivity contribution is 5.82. The van der Waals surface area contributed by atoms with Crippen LogP contribution in [0.1, 0.15) is 63.4 Å². The number of rotatable bonds is 2. The van der Waals surface area contributed by atoms with E-state index in [4.69, 9.17) is 4.74 Å². The van der Waals surface area contributed by atoms with E-state index < -0.39 is 23.9 Å². The summed E-state index contributed by atoms with van der Waals surface area (Å²) in [6, 6.07) is 8.89. The summed E-state index contributed by atoms with van der Waals surface area (Å²) in [5, 5.41) is 34.7. The summed E-state index contributed by atoms with van der Waals surface area (Å²) in [5.74, 6) is 0.871. The van der Waals surface area contributed by atoms with Crippen LogP contribution in [0.4, 0.5) is 0 Å². The van der Waals surface area contributed by atoms with Crippen molar-refractivity contribution in [2.45, 2.75) is 93.3 Å². The summed E-state index contributed by atoms with van der Waals surface area (Å²) in [6.45, 7) is 3.31. The largest absolute Gasteiger partial charge is 0.389 e. The van der Waals surface area contributed by atoms with Crippen molar-refractivity contribution < 1.29 is 20.1 Å². The van der Waals surface area contributed by atoms with E-state index in [0.29, 0.717) is 24.9 Å². The third-order valence-electron chi connectivity index (χ3n) is 11.6. The van der Waals surface area contributed by atoms with E-state index >= 15 is 0 Å². The number of ether oxygens (including phenoxy) is 1. The van der Waals surface area contributed by atoms with Gasteiger partial charge in [-0.25, -0.2) is 0 Å². The van der Waals surface area contributed by atoms with Gasteiger partial charge in [0.2, 0.25) is 0 Å². The molecule has 38 heavy (non-hydrogen) atoms. The number of aliphatic hydroxyl groups is 3. The van der Waals surface area contributed by atoms with E-state index in [2.05, 4.69) is 53.2 Å². The Hall–Kier alpha value is -2.09. The van der Waals surface area contributed by atoms with Gasteiger partial charge in [-0.15, -0.1) is 0 Å². The van der Waals surface area contributed by atoms with Crippen LogP contribution < -0.4 is 0 Å². The summed E-state index contributed by atoms with van der Waals surface area (Å²) >= 11 is 0. The number of pyridine rings is 1. The summed E-state index contributed by atoms with van der Waals surface area (Å²) in [7, 11) is 0. The van der Waals surface area contributed by atoms with Crippen LogP contribution in [-0.4, -0.2) is 73.8 Å². The summed E-state index contributed by atoms with van der Waals surface area (Å²) < 4.78 is 7.32. The highest BCUT2D eigenvalue weighted by Crippen LogP contribution is 2.69. The van der Waals surface area contributed by atoms with Crippen LogP contribution >= 0.6 is 0 Å². The summed E-state index contributed by atoms with van der Waals surface area (Å²) in [4.78, 5) is 6.45. The Morgan fingerprint density at radius 3 is 2.63 bits per heavy atom. The molecule has 8 rings (SSSR count). The van der Waals surface area contributed by atoms with E-state index in [0.717, 1.165) is 44.9 Å². The third kappa shape index (κ3) is 2.99. The lowest BCUT2D eigenvalue weighted by Crippen LogP contribution is -2.62. The molecule has 1 aromatic heterocycles. The number of benzene rings is 1. The molecule has 2 bridgehead atoms. The van der Waals surface area contributed by atoms with Gasteiger partial charge < -0.3 is 20.1 Å². The van der Waals surface area contributed by atoms with E-state index in [1.54, 1.807) is 0 Å². The molecule has 1 aromatic carbocycles.